The fraction of sp³-hybridized carbons (Fsp3) is 0.947. The maximum absolute atomic E-state index is 11.7. The van der Waals surface area contributed by atoms with Crippen LogP contribution in [0.15, 0.2) is 0 Å². The first-order valence-corrected chi connectivity index (χ1v) is 9.26. The summed E-state index contributed by atoms with van der Waals surface area (Å²) < 4.78 is 5.46. The highest BCUT2D eigenvalue weighted by Gasteiger charge is 2.66. The van der Waals surface area contributed by atoms with Crippen LogP contribution in [-0.2, 0) is 9.53 Å². The van der Waals surface area contributed by atoms with Crippen LogP contribution in [0.25, 0.3) is 0 Å². The fourth-order valence-corrected chi connectivity index (χ4v) is 6.83. The lowest BCUT2D eigenvalue weighted by molar-refractivity contribution is -0.189. The van der Waals surface area contributed by atoms with E-state index in [0.717, 1.165) is 25.7 Å². The Morgan fingerprint density at radius 3 is 2.61 bits per heavy atom. The van der Waals surface area contributed by atoms with Crippen LogP contribution in [0.5, 0.6) is 0 Å². The first-order valence-electron chi connectivity index (χ1n) is 9.26. The molecule has 4 heteroatoms. The van der Waals surface area contributed by atoms with E-state index in [4.69, 9.17) is 4.74 Å². The number of fused-ring (bicyclic) bond motifs is 5. The minimum absolute atomic E-state index is 0.0363. The normalized spacial score (nSPS) is 58.8. The lowest BCUT2D eigenvalue weighted by Gasteiger charge is -2.60. The molecule has 4 fully saturated rings. The molecule has 4 aliphatic rings. The Morgan fingerprint density at radius 2 is 1.87 bits per heavy atom. The summed E-state index contributed by atoms with van der Waals surface area (Å²) in [6.45, 7) is 6.88. The molecule has 1 heterocycles. The SMILES string of the molecule is C[C@]12COC(=O)C[C@@H]1CC[C@@H]1[C@@H]2CC[C@@]2(C)[C@H]1C[C@@H](O)[C@]2(C)O. The van der Waals surface area contributed by atoms with E-state index in [2.05, 4.69) is 13.8 Å². The van der Waals surface area contributed by atoms with Crippen LogP contribution in [0.1, 0.15) is 59.3 Å². The number of ether oxygens (including phenoxy) is 1. The Bertz CT molecular complexity index is 529. The number of carbonyl (C=O) groups is 1. The Hall–Kier alpha value is -0.610. The molecule has 0 aromatic heterocycles. The lowest BCUT2D eigenvalue weighted by atomic mass is 9.46. The molecule has 0 radical (unpaired) electrons. The van der Waals surface area contributed by atoms with E-state index in [-0.39, 0.29) is 16.8 Å². The standard InChI is InChI=1S/C19H30O4/c1-17-10-23-16(21)8-11(17)4-5-12-13(17)6-7-18(2)14(12)9-15(20)19(18,3)22/h11-15,20,22H,4-10H2,1-3H3/t11-,12+,13-,14-,15+,17-,18-,19-/m0/s1. The smallest absolute Gasteiger partial charge is 0.306 e. The molecule has 4 nitrogen and oxygen atoms in total. The molecule has 130 valence electrons. The number of cyclic esters (lactones) is 1. The second-order valence-electron chi connectivity index (χ2n) is 9.38. The maximum Gasteiger partial charge on any atom is 0.306 e. The minimum atomic E-state index is -0.987. The van der Waals surface area contributed by atoms with Gasteiger partial charge < -0.3 is 14.9 Å². The zero-order chi connectivity index (χ0) is 16.6. The van der Waals surface area contributed by atoms with Crippen molar-refractivity contribution in [1.29, 1.82) is 0 Å². The Morgan fingerprint density at radius 1 is 1.13 bits per heavy atom. The van der Waals surface area contributed by atoms with Crippen LogP contribution in [-0.4, -0.2) is 34.5 Å². The van der Waals surface area contributed by atoms with Gasteiger partial charge in [-0.3, -0.25) is 4.79 Å². The maximum atomic E-state index is 11.7. The van der Waals surface area contributed by atoms with Crippen molar-refractivity contribution in [3.05, 3.63) is 0 Å². The topological polar surface area (TPSA) is 66.8 Å². The van der Waals surface area contributed by atoms with Crippen LogP contribution in [0.3, 0.4) is 0 Å². The molecule has 3 saturated carbocycles. The third kappa shape index (κ3) is 1.88. The van der Waals surface area contributed by atoms with Gasteiger partial charge in [-0.2, -0.15) is 0 Å². The molecule has 0 spiro atoms. The molecule has 0 bridgehead atoms. The first kappa shape index (κ1) is 15.9. The molecule has 1 aliphatic heterocycles. The van der Waals surface area contributed by atoms with Crippen molar-refractivity contribution in [3.63, 3.8) is 0 Å². The van der Waals surface area contributed by atoms with Gasteiger partial charge in [-0.15, -0.1) is 0 Å². The Labute approximate surface area is 138 Å². The highest BCUT2D eigenvalue weighted by atomic mass is 16.5. The monoisotopic (exact) mass is 322 g/mol. The molecule has 0 aromatic carbocycles. The van der Waals surface area contributed by atoms with Crippen molar-refractivity contribution in [1.82, 2.24) is 0 Å². The largest absolute Gasteiger partial charge is 0.465 e. The summed E-state index contributed by atoms with van der Waals surface area (Å²) in [5.41, 5.74) is -1.10. The van der Waals surface area contributed by atoms with E-state index in [0.29, 0.717) is 43.1 Å². The summed E-state index contributed by atoms with van der Waals surface area (Å²) in [5.74, 6) is 1.87. The molecular weight excluding hydrogens is 292 g/mol. The summed E-state index contributed by atoms with van der Waals surface area (Å²) in [7, 11) is 0. The van der Waals surface area contributed by atoms with E-state index >= 15 is 0 Å². The van der Waals surface area contributed by atoms with Crippen molar-refractivity contribution in [2.75, 3.05) is 6.61 Å². The quantitative estimate of drug-likeness (QED) is 0.673. The van der Waals surface area contributed by atoms with E-state index in [1.54, 1.807) is 0 Å². The second-order valence-corrected chi connectivity index (χ2v) is 9.38. The van der Waals surface area contributed by atoms with Gasteiger partial charge in [0.2, 0.25) is 0 Å². The Kier molecular flexibility index (Phi) is 3.26. The van der Waals surface area contributed by atoms with Gasteiger partial charge in [0.1, 0.15) is 0 Å². The van der Waals surface area contributed by atoms with Crippen LogP contribution in [0.4, 0.5) is 0 Å². The van der Waals surface area contributed by atoms with Gasteiger partial charge >= 0.3 is 5.97 Å². The number of aliphatic hydroxyl groups excluding tert-OH is 1. The lowest BCUT2D eigenvalue weighted by Crippen LogP contribution is -2.58. The van der Waals surface area contributed by atoms with Gasteiger partial charge in [0, 0.05) is 17.3 Å². The van der Waals surface area contributed by atoms with Gasteiger partial charge in [-0.25, -0.2) is 0 Å². The molecule has 3 aliphatic carbocycles. The average Bonchev–Trinajstić information content (AvgIpc) is 2.67. The summed E-state index contributed by atoms with van der Waals surface area (Å²) >= 11 is 0. The van der Waals surface area contributed by atoms with Crippen molar-refractivity contribution in [2.24, 2.45) is 34.5 Å². The van der Waals surface area contributed by atoms with Crippen LogP contribution < -0.4 is 0 Å². The number of carbonyl (C=O) groups excluding carboxylic acids is 1. The van der Waals surface area contributed by atoms with Crippen molar-refractivity contribution in [3.8, 4) is 0 Å². The van der Waals surface area contributed by atoms with E-state index in [1.165, 1.54) is 0 Å². The zero-order valence-corrected chi connectivity index (χ0v) is 14.5. The number of rotatable bonds is 0. The predicted octanol–water partition coefficient (Wildman–Crippen LogP) is 2.51. The van der Waals surface area contributed by atoms with Gasteiger partial charge in [-0.1, -0.05) is 13.8 Å². The average molecular weight is 322 g/mol. The van der Waals surface area contributed by atoms with E-state index < -0.39 is 11.7 Å². The molecule has 8 atom stereocenters. The third-order valence-electron chi connectivity index (χ3n) is 8.69. The van der Waals surface area contributed by atoms with E-state index in [9.17, 15) is 15.0 Å². The van der Waals surface area contributed by atoms with Crippen molar-refractivity contribution >= 4 is 5.97 Å². The molecule has 0 unspecified atom stereocenters. The van der Waals surface area contributed by atoms with Gasteiger partial charge in [0.15, 0.2) is 0 Å². The van der Waals surface area contributed by atoms with E-state index in [1.807, 2.05) is 6.92 Å². The van der Waals surface area contributed by atoms with Crippen molar-refractivity contribution < 1.29 is 19.7 Å². The van der Waals surface area contributed by atoms with Crippen LogP contribution in [0.2, 0.25) is 0 Å². The highest BCUT2D eigenvalue weighted by molar-refractivity contribution is 5.70. The molecule has 23 heavy (non-hydrogen) atoms. The molecular formula is C19H30O4. The van der Waals surface area contributed by atoms with Gasteiger partial charge in [-0.05, 0) is 62.7 Å². The first-order chi connectivity index (χ1) is 10.7. The minimum Gasteiger partial charge on any atom is -0.465 e. The fourth-order valence-electron chi connectivity index (χ4n) is 6.83. The molecule has 0 amide bonds. The third-order valence-corrected chi connectivity index (χ3v) is 8.69. The summed E-state index contributed by atoms with van der Waals surface area (Å²) in [6.07, 6.45) is 4.90. The predicted molar refractivity (Wildman–Crippen MR) is 85.5 cm³/mol. The zero-order valence-electron chi connectivity index (χ0n) is 14.5. The molecule has 2 N–H and O–H groups in total. The van der Waals surface area contributed by atoms with Crippen LogP contribution >= 0.6 is 0 Å². The highest BCUT2D eigenvalue weighted by Crippen LogP contribution is 2.67. The van der Waals surface area contributed by atoms with Gasteiger partial charge in [0.25, 0.3) is 0 Å². The number of hydrogen-bond donors (Lipinski definition) is 2. The summed E-state index contributed by atoms with van der Waals surface area (Å²) in [4.78, 5) is 11.7. The molecule has 0 aromatic rings. The number of esters is 1. The number of hydrogen-bond acceptors (Lipinski definition) is 4. The summed E-state index contributed by atoms with van der Waals surface area (Å²) in [5, 5.41) is 21.4. The number of aliphatic hydroxyl groups is 2. The van der Waals surface area contributed by atoms with Crippen molar-refractivity contribution in [2.45, 2.75) is 71.0 Å². The summed E-state index contributed by atoms with van der Waals surface area (Å²) in [6, 6.07) is 0. The Balaban J connectivity index is 1.66. The molecule has 1 saturated heterocycles. The van der Waals surface area contributed by atoms with Crippen LogP contribution in [0, 0.1) is 34.5 Å². The molecule has 4 rings (SSSR count). The van der Waals surface area contributed by atoms with Gasteiger partial charge in [0.05, 0.1) is 18.3 Å². The second kappa shape index (κ2) is 4.72.